The second kappa shape index (κ2) is 11.5. The van der Waals surface area contributed by atoms with E-state index in [2.05, 4.69) is 0 Å². The molecule has 11 heteroatoms. The third-order valence-corrected chi connectivity index (χ3v) is 5.03. The highest BCUT2D eigenvalue weighted by Crippen LogP contribution is 2.31. The van der Waals surface area contributed by atoms with Crippen LogP contribution in [0.5, 0.6) is 5.75 Å². The highest BCUT2D eigenvalue weighted by molar-refractivity contribution is 6.09. The van der Waals surface area contributed by atoms with Crippen LogP contribution in [-0.2, 0) is 38.1 Å². The Morgan fingerprint density at radius 2 is 1.28 bits per heavy atom. The van der Waals surface area contributed by atoms with Crippen LogP contribution in [-0.4, -0.2) is 65.5 Å². The van der Waals surface area contributed by atoms with E-state index >= 15 is 0 Å². The SMILES string of the molecule is CC(=O)O[C@@H]1[C@@H](OC(C)=O)[C@H](Oc2cccc(C(=O)c3ccccc3)c2)O[C@H](C(=O)O)[C@H]1OC(C)=O. The summed E-state index contributed by atoms with van der Waals surface area (Å²) in [5.41, 5.74) is 0.703. The monoisotopic (exact) mass is 500 g/mol. The second-order valence-corrected chi connectivity index (χ2v) is 7.83. The maximum Gasteiger partial charge on any atom is 0.337 e. The summed E-state index contributed by atoms with van der Waals surface area (Å²) in [4.78, 5) is 60.1. The molecular weight excluding hydrogens is 476 g/mol. The van der Waals surface area contributed by atoms with Crippen LogP contribution in [0.15, 0.2) is 54.6 Å². The molecular formula is C25H24O11. The first-order chi connectivity index (χ1) is 17.1. The molecule has 36 heavy (non-hydrogen) atoms. The zero-order valence-corrected chi connectivity index (χ0v) is 19.6. The minimum atomic E-state index is -1.83. The van der Waals surface area contributed by atoms with Crippen LogP contribution >= 0.6 is 0 Å². The number of carbonyl (C=O) groups is 5. The number of ketones is 1. The first-order valence-electron chi connectivity index (χ1n) is 10.8. The lowest BCUT2D eigenvalue weighted by Crippen LogP contribution is -2.64. The van der Waals surface area contributed by atoms with Gasteiger partial charge in [0.05, 0.1) is 0 Å². The fourth-order valence-corrected chi connectivity index (χ4v) is 3.67. The molecule has 190 valence electrons. The lowest BCUT2D eigenvalue weighted by Gasteiger charge is -2.42. The van der Waals surface area contributed by atoms with Crippen molar-refractivity contribution in [2.75, 3.05) is 0 Å². The molecule has 0 radical (unpaired) electrons. The largest absolute Gasteiger partial charge is 0.479 e. The minimum absolute atomic E-state index is 0.0792. The smallest absolute Gasteiger partial charge is 0.337 e. The molecule has 2 aromatic rings. The summed E-state index contributed by atoms with van der Waals surface area (Å²) in [7, 11) is 0. The van der Waals surface area contributed by atoms with Crippen molar-refractivity contribution < 1.29 is 52.8 Å². The average Bonchev–Trinajstić information content (AvgIpc) is 2.81. The van der Waals surface area contributed by atoms with E-state index in [4.69, 9.17) is 23.7 Å². The number of aliphatic carboxylic acids is 1. The lowest BCUT2D eigenvalue weighted by molar-refractivity contribution is -0.281. The van der Waals surface area contributed by atoms with Crippen molar-refractivity contribution in [3.8, 4) is 5.75 Å². The van der Waals surface area contributed by atoms with Crippen molar-refractivity contribution in [2.24, 2.45) is 0 Å². The number of carbonyl (C=O) groups excluding carboxylic acids is 4. The molecule has 3 rings (SSSR count). The highest BCUT2D eigenvalue weighted by Gasteiger charge is 2.55. The first kappa shape index (κ1) is 26.4. The predicted molar refractivity (Wildman–Crippen MR) is 120 cm³/mol. The zero-order valence-electron chi connectivity index (χ0n) is 19.6. The molecule has 11 nitrogen and oxygen atoms in total. The average molecular weight is 500 g/mol. The Bertz CT molecular complexity index is 1140. The molecule has 2 aromatic carbocycles. The van der Waals surface area contributed by atoms with Gasteiger partial charge in [-0.15, -0.1) is 0 Å². The van der Waals surface area contributed by atoms with Gasteiger partial charge in [-0.25, -0.2) is 4.79 Å². The molecule has 0 amide bonds. The van der Waals surface area contributed by atoms with Gasteiger partial charge in [0.2, 0.25) is 12.4 Å². The van der Waals surface area contributed by atoms with Crippen LogP contribution in [0.1, 0.15) is 36.7 Å². The molecule has 5 atom stereocenters. The number of ether oxygens (including phenoxy) is 5. The number of carboxylic acid groups (broad SMARTS) is 1. The molecule has 0 saturated carbocycles. The van der Waals surface area contributed by atoms with Gasteiger partial charge in [0.1, 0.15) is 5.75 Å². The van der Waals surface area contributed by atoms with E-state index in [0.29, 0.717) is 5.56 Å². The number of rotatable bonds is 8. The fourth-order valence-electron chi connectivity index (χ4n) is 3.67. The predicted octanol–water partition coefficient (Wildman–Crippen LogP) is 1.90. The van der Waals surface area contributed by atoms with Crippen molar-refractivity contribution in [2.45, 2.75) is 51.5 Å². The summed E-state index contributed by atoms with van der Waals surface area (Å²) in [6, 6.07) is 14.5. The van der Waals surface area contributed by atoms with Gasteiger partial charge in [-0.1, -0.05) is 42.5 Å². The van der Waals surface area contributed by atoms with Gasteiger partial charge in [0.15, 0.2) is 24.1 Å². The van der Waals surface area contributed by atoms with E-state index in [1.54, 1.807) is 36.4 Å². The van der Waals surface area contributed by atoms with Gasteiger partial charge in [0.25, 0.3) is 0 Å². The van der Waals surface area contributed by atoms with Crippen LogP contribution in [0.2, 0.25) is 0 Å². The van der Waals surface area contributed by atoms with Crippen LogP contribution in [0.25, 0.3) is 0 Å². The highest BCUT2D eigenvalue weighted by atomic mass is 16.7. The molecule has 1 saturated heterocycles. The summed E-state index contributed by atoms with van der Waals surface area (Å²) in [6.45, 7) is 3.16. The maximum atomic E-state index is 12.8. The van der Waals surface area contributed by atoms with Crippen molar-refractivity contribution in [3.63, 3.8) is 0 Å². The third-order valence-electron chi connectivity index (χ3n) is 5.03. The van der Waals surface area contributed by atoms with E-state index in [9.17, 15) is 29.1 Å². The standard InChI is InChI=1S/C25H24O11/c1-13(26)32-20-21(33-14(2)27)23(34-15(3)28)25(36-22(20)24(30)31)35-18-11-7-10-17(12-18)19(29)16-8-5-4-6-9-16/h4-12,20-23,25H,1-3H3,(H,30,31)/t20-,21-,22-,23+,25+/m0/s1. The summed E-state index contributed by atoms with van der Waals surface area (Å²) in [5, 5.41) is 9.70. The first-order valence-corrected chi connectivity index (χ1v) is 10.8. The Morgan fingerprint density at radius 1 is 0.722 bits per heavy atom. The third kappa shape index (κ3) is 6.45. The lowest BCUT2D eigenvalue weighted by atomic mass is 9.97. The number of hydrogen-bond donors (Lipinski definition) is 1. The molecule has 0 bridgehead atoms. The molecule has 1 aliphatic rings. The molecule has 0 aliphatic carbocycles. The van der Waals surface area contributed by atoms with Crippen LogP contribution < -0.4 is 4.74 Å². The van der Waals surface area contributed by atoms with Gasteiger partial charge in [0, 0.05) is 31.9 Å². The van der Waals surface area contributed by atoms with Crippen molar-refractivity contribution in [1.29, 1.82) is 0 Å². The molecule has 0 spiro atoms. The molecule has 1 fully saturated rings. The van der Waals surface area contributed by atoms with Crippen LogP contribution in [0.3, 0.4) is 0 Å². The van der Waals surface area contributed by atoms with Gasteiger partial charge in [-0.2, -0.15) is 0 Å². The quantitative estimate of drug-likeness (QED) is 0.321. The minimum Gasteiger partial charge on any atom is -0.479 e. The van der Waals surface area contributed by atoms with Gasteiger partial charge < -0.3 is 28.8 Å². The van der Waals surface area contributed by atoms with Crippen LogP contribution in [0, 0.1) is 0 Å². The number of esters is 3. The van der Waals surface area contributed by atoms with E-state index in [-0.39, 0.29) is 17.1 Å². The number of benzene rings is 2. The Kier molecular flexibility index (Phi) is 8.38. The zero-order chi connectivity index (χ0) is 26.4. The second-order valence-electron chi connectivity index (χ2n) is 7.83. The maximum absolute atomic E-state index is 12.8. The topological polar surface area (TPSA) is 152 Å². The van der Waals surface area contributed by atoms with Crippen molar-refractivity contribution in [1.82, 2.24) is 0 Å². The molecule has 0 unspecified atom stereocenters. The summed E-state index contributed by atoms with van der Waals surface area (Å²) in [5.74, 6) is -4.30. The molecule has 1 N–H and O–H groups in total. The molecule has 0 aromatic heterocycles. The number of carboxylic acids is 1. The van der Waals surface area contributed by atoms with Gasteiger partial charge >= 0.3 is 23.9 Å². The summed E-state index contributed by atoms with van der Waals surface area (Å²) < 4.78 is 26.9. The Labute approximate surface area is 205 Å². The molecule has 1 aliphatic heterocycles. The summed E-state index contributed by atoms with van der Waals surface area (Å²) in [6.07, 6.45) is -8.15. The van der Waals surface area contributed by atoms with E-state index in [0.717, 1.165) is 20.8 Å². The van der Waals surface area contributed by atoms with Crippen molar-refractivity contribution >= 4 is 29.7 Å². The van der Waals surface area contributed by atoms with E-state index in [1.165, 1.54) is 18.2 Å². The van der Waals surface area contributed by atoms with E-state index < -0.39 is 54.6 Å². The van der Waals surface area contributed by atoms with E-state index in [1.807, 2.05) is 0 Å². The molecule has 1 heterocycles. The van der Waals surface area contributed by atoms with Crippen molar-refractivity contribution in [3.05, 3.63) is 65.7 Å². The fraction of sp³-hybridized carbons (Fsp3) is 0.320. The van der Waals surface area contributed by atoms with Gasteiger partial charge in [-0.05, 0) is 12.1 Å². The van der Waals surface area contributed by atoms with Crippen LogP contribution in [0.4, 0.5) is 0 Å². The van der Waals surface area contributed by atoms with Gasteiger partial charge in [-0.3, -0.25) is 19.2 Å². The summed E-state index contributed by atoms with van der Waals surface area (Å²) >= 11 is 0. The Morgan fingerprint density at radius 3 is 1.86 bits per heavy atom. The Balaban J connectivity index is 1.97. The Hall–Kier alpha value is -4.25. The number of hydrogen-bond acceptors (Lipinski definition) is 10. The normalized spacial score (nSPS) is 23.1.